The second-order valence-corrected chi connectivity index (χ2v) is 9.91. The predicted molar refractivity (Wildman–Crippen MR) is 140 cm³/mol. The minimum absolute atomic E-state index is 0.0857. The van der Waals surface area contributed by atoms with Gasteiger partial charge in [-0.15, -0.1) is 11.3 Å². The summed E-state index contributed by atoms with van der Waals surface area (Å²) < 4.78 is 9.69. The molecule has 2 N–H and O–H groups in total. The molecule has 0 spiro atoms. The van der Waals surface area contributed by atoms with E-state index in [1.54, 1.807) is 10.9 Å². The Kier molecular flexibility index (Phi) is 5.60. The lowest BCUT2D eigenvalue weighted by atomic mass is 10.1. The van der Waals surface area contributed by atoms with E-state index in [2.05, 4.69) is 46.1 Å². The maximum Gasteiger partial charge on any atom is 0.275 e. The summed E-state index contributed by atoms with van der Waals surface area (Å²) in [6, 6.07) is 16.1. The highest BCUT2D eigenvalue weighted by Crippen LogP contribution is 2.31. The van der Waals surface area contributed by atoms with Crippen molar-refractivity contribution in [1.29, 1.82) is 0 Å². The number of fused-ring (bicyclic) bond motifs is 2. The number of anilines is 1. The van der Waals surface area contributed by atoms with Crippen LogP contribution in [-0.4, -0.2) is 56.9 Å². The molecule has 0 bridgehead atoms. The molecule has 1 saturated heterocycles. The number of imidazole rings is 1. The SMILES string of the molecule is Cc1ccc(-c2cc3ncn(-c4ccc5c(c4)nc(N)n5CCN4CCOCC4)c(=O)c3s2)cc1. The zero-order valence-corrected chi connectivity index (χ0v) is 20.3. The molecule has 1 aliphatic rings. The van der Waals surface area contributed by atoms with Crippen LogP contribution in [0.15, 0.2) is 59.7 Å². The third-order valence-corrected chi connectivity index (χ3v) is 7.72. The van der Waals surface area contributed by atoms with Crippen LogP contribution in [-0.2, 0) is 11.3 Å². The molecule has 9 heteroatoms. The standard InChI is InChI=1S/C26H26N6O2S/c1-17-2-4-18(5-3-17)23-15-21-24(35-23)25(33)32(16-28-21)19-6-7-22-20(14-19)29-26(27)31(22)9-8-30-10-12-34-13-11-30/h2-7,14-16H,8-13H2,1H3,(H2,27,29). The van der Waals surface area contributed by atoms with E-state index in [0.29, 0.717) is 16.2 Å². The molecule has 1 aliphatic heterocycles. The molecule has 4 heterocycles. The molecule has 0 unspecified atom stereocenters. The average Bonchev–Trinajstić information content (AvgIpc) is 3.45. The summed E-state index contributed by atoms with van der Waals surface area (Å²) in [4.78, 5) is 25.9. The fraction of sp³-hybridized carbons (Fsp3) is 0.269. The summed E-state index contributed by atoms with van der Waals surface area (Å²) in [6.07, 6.45) is 1.59. The van der Waals surface area contributed by atoms with Crippen molar-refractivity contribution in [2.45, 2.75) is 13.5 Å². The number of morpholine rings is 1. The van der Waals surface area contributed by atoms with Crippen LogP contribution in [0.4, 0.5) is 5.95 Å². The van der Waals surface area contributed by atoms with Crippen LogP contribution in [0.3, 0.4) is 0 Å². The van der Waals surface area contributed by atoms with Crippen LogP contribution in [0.1, 0.15) is 5.56 Å². The summed E-state index contributed by atoms with van der Waals surface area (Å²) >= 11 is 1.47. The zero-order chi connectivity index (χ0) is 23.9. The lowest BCUT2D eigenvalue weighted by Gasteiger charge is -2.26. The number of benzene rings is 2. The van der Waals surface area contributed by atoms with Gasteiger partial charge in [0.2, 0.25) is 5.95 Å². The van der Waals surface area contributed by atoms with E-state index >= 15 is 0 Å². The van der Waals surface area contributed by atoms with E-state index in [9.17, 15) is 4.79 Å². The molecule has 8 nitrogen and oxygen atoms in total. The van der Waals surface area contributed by atoms with Gasteiger partial charge in [0.25, 0.3) is 5.56 Å². The Bertz CT molecular complexity index is 1580. The van der Waals surface area contributed by atoms with Gasteiger partial charge in [-0.25, -0.2) is 9.97 Å². The Morgan fingerprint density at radius 1 is 1.03 bits per heavy atom. The minimum atomic E-state index is -0.0857. The molecular formula is C26H26N6O2S. The smallest absolute Gasteiger partial charge is 0.275 e. The third kappa shape index (κ3) is 4.12. The van der Waals surface area contributed by atoms with E-state index in [4.69, 9.17) is 10.5 Å². The Balaban J connectivity index is 1.32. The van der Waals surface area contributed by atoms with Gasteiger partial charge in [0, 0.05) is 31.1 Å². The van der Waals surface area contributed by atoms with Crippen LogP contribution in [0.2, 0.25) is 0 Å². The summed E-state index contributed by atoms with van der Waals surface area (Å²) in [5, 5.41) is 0. The largest absolute Gasteiger partial charge is 0.379 e. The highest BCUT2D eigenvalue weighted by Gasteiger charge is 2.15. The number of hydrogen-bond donors (Lipinski definition) is 1. The van der Waals surface area contributed by atoms with Crippen LogP contribution < -0.4 is 11.3 Å². The number of rotatable bonds is 5. The van der Waals surface area contributed by atoms with Gasteiger partial charge in [-0.3, -0.25) is 14.3 Å². The first-order valence-corrected chi connectivity index (χ1v) is 12.5. The number of hydrogen-bond acceptors (Lipinski definition) is 7. The quantitative estimate of drug-likeness (QED) is 0.408. The molecule has 3 aromatic heterocycles. The summed E-state index contributed by atoms with van der Waals surface area (Å²) in [6.45, 7) is 7.12. The topological polar surface area (TPSA) is 91.2 Å². The van der Waals surface area contributed by atoms with Gasteiger partial charge in [0.15, 0.2) is 0 Å². The number of nitrogens with two attached hydrogens (primary N) is 1. The van der Waals surface area contributed by atoms with E-state index in [0.717, 1.165) is 66.6 Å². The number of nitrogen functional groups attached to an aromatic ring is 1. The molecular weight excluding hydrogens is 460 g/mol. The van der Waals surface area contributed by atoms with Gasteiger partial charge in [0.05, 0.1) is 35.5 Å². The van der Waals surface area contributed by atoms with E-state index in [1.807, 2.05) is 28.8 Å². The van der Waals surface area contributed by atoms with Gasteiger partial charge >= 0.3 is 0 Å². The molecule has 35 heavy (non-hydrogen) atoms. The Hall–Kier alpha value is -3.53. The zero-order valence-electron chi connectivity index (χ0n) is 19.5. The highest BCUT2D eigenvalue weighted by atomic mass is 32.1. The summed E-state index contributed by atoms with van der Waals surface area (Å²) in [5.74, 6) is 0.479. The van der Waals surface area contributed by atoms with Crippen LogP contribution >= 0.6 is 11.3 Å². The van der Waals surface area contributed by atoms with E-state index < -0.39 is 0 Å². The molecule has 0 aliphatic carbocycles. The summed E-state index contributed by atoms with van der Waals surface area (Å²) in [5.41, 5.74) is 11.6. The van der Waals surface area contributed by atoms with Gasteiger partial charge in [-0.05, 0) is 36.8 Å². The minimum Gasteiger partial charge on any atom is -0.379 e. The number of nitrogens with zero attached hydrogens (tertiary/aromatic N) is 5. The van der Waals surface area contributed by atoms with Crippen molar-refractivity contribution >= 4 is 38.5 Å². The van der Waals surface area contributed by atoms with E-state index in [-0.39, 0.29) is 5.56 Å². The average molecular weight is 487 g/mol. The van der Waals surface area contributed by atoms with E-state index in [1.165, 1.54) is 16.9 Å². The Morgan fingerprint density at radius 3 is 2.63 bits per heavy atom. The fourth-order valence-electron chi connectivity index (χ4n) is 4.54. The van der Waals surface area contributed by atoms with Crippen molar-refractivity contribution in [2.75, 3.05) is 38.6 Å². The normalized spacial score (nSPS) is 14.8. The molecule has 0 radical (unpaired) electrons. The molecule has 178 valence electrons. The third-order valence-electron chi connectivity index (χ3n) is 6.56. The Morgan fingerprint density at radius 2 is 1.83 bits per heavy atom. The van der Waals surface area contributed by atoms with Crippen molar-refractivity contribution in [3.8, 4) is 16.1 Å². The van der Waals surface area contributed by atoms with Crippen LogP contribution in [0.25, 0.3) is 37.4 Å². The molecule has 6 rings (SSSR count). The molecule has 0 amide bonds. The van der Waals surface area contributed by atoms with Crippen LogP contribution in [0, 0.1) is 6.92 Å². The monoisotopic (exact) mass is 486 g/mol. The number of ether oxygens (including phenoxy) is 1. The second kappa shape index (κ2) is 8.92. The predicted octanol–water partition coefficient (Wildman–Crippen LogP) is 3.69. The van der Waals surface area contributed by atoms with Gasteiger partial charge in [-0.2, -0.15) is 0 Å². The number of thiophene rings is 1. The van der Waals surface area contributed by atoms with Crippen LogP contribution in [0.5, 0.6) is 0 Å². The van der Waals surface area contributed by atoms with Crippen molar-refractivity contribution < 1.29 is 4.74 Å². The van der Waals surface area contributed by atoms with Gasteiger partial charge in [0.1, 0.15) is 11.0 Å². The first-order chi connectivity index (χ1) is 17.1. The first-order valence-electron chi connectivity index (χ1n) is 11.7. The number of aryl methyl sites for hydroxylation is 1. The fourth-order valence-corrected chi connectivity index (χ4v) is 5.59. The Labute approximate surface area is 206 Å². The lowest BCUT2D eigenvalue weighted by Crippen LogP contribution is -2.38. The van der Waals surface area contributed by atoms with Crippen molar-refractivity contribution in [1.82, 2.24) is 24.0 Å². The highest BCUT2D eigenvalue weighted by molar-refractivity contribution is 7.22. The second-order valence-electron chi connectivity index (χ2n) is 8.86. The maximum atomic E-state index is 13.4. The molecule has 0 atom stereocenters. The lowest BCUT2D eigenvalue weighted by molar-refractivity contribution is 0.0366. The van der Waals surface area contributed by atoms with Gasteiger partial charge < -0.3 is 15.0 Å². The molecule has 2 aromatic carbocycles. The molecule has 0 saturated carbocycles. The van der Waals surface area contributed by atoms with Crippen molar-refractivity contribution in [3.05, 3.63) is 70.8 Å². The van der Waals surface area contributed by atoms with Gasteiger partial charge in [-0.1, -0.05) is 29.8 Å². The number of aromatic nitrogens is 4. The maximum absolute atomic E-state index is 13.4. The molecule has 1 fully saturated rings. The first kappa shape index (κ1) is 22.0. The summed E-state index contributed by atoms with van der Waals surface area (Å²) in [7, 11) is 0. The molecule has 5 aromatic rings. The van der Waals surface area contributed by atoms with Crippen molar-refractivity contribution in [2.24, 2.45) is 0 Å². The van der Waals surface area contributed by atoms with Crippen molar-refractivity contribution in [3.63, 3.8) is 0 Å².